The van der Waals surface area contributed by atoms with Crippen molar-refractivity contribution in [2.75, 3.05) is 46.9 Å². The first kappa shape index (κ1) is 26.6. The monoisotopic (exact) mass is 532 g/mol. The number of hydrogen-bond acceptors (Lipinski definition) is 4. The van der Waals surface area contributed by atoms with E-state index in [-0.39, 0.29) is 0 Å². The number of benzene rings is 4. The van der Waals surface area contributed by atoms with Crippen molar-refractivity contribution < 1.29 is 9.47 Å². The van der Waals surface area contributed by atoms with Gasteiger partial charge in [0.1, 0.15) is 11.5 Å². The Balaban J connectivity index is 1.02. The number of ether oxygens (including phenoxy) is 2. The Morgan fingerprint density at radius 1 is 0.775 bits per heavy atom. The molecule has 206 valence electrons. The summed E-state index contributed by atoms with van der Waals surface area (Å²) in [4.78, 5) is 4.98. The molecule has 0 bridgehead atoms. The van der Waals surface area contributed by atoms with Gasteiger partial charge in [-0.2, -0.15) is 0 Å². The number of fused-ring (bicyclic) bond motifs is 1. The van der Waals surface area contributed by atoms with Crippen LogP contribution in [0, 0.1) is 5.92 Å². The first-order valence-electron chi connectivity index (χ1n) is 14.6. The SMILES string of the molecule is COc1ccc(C2CN(C)Cc3cc(OCCCN4CC(C(c5ccccc5)c5ccccc5)C4)ccc32)cc1. The van der Waals surface area contributed by atoms with Gasteiger partial charge >= 0.3 is 0 Å². The Morgan fingerprint density at radius 3 is 2.08 bits per heavy atom. The summed E-state index contributed by atoms with van der Waals surface area (Å²) in [6, 6.07) is 37.2. The molecule has 0 aliphatic carbocycles. The molecule has 4 nitrogen and oxygen atoms in total. The van der Waals surface area contributed by atoms with Crippen LogP contribution in [-0.2, 0) is 6.54 Å². The van der Waals surface area contributed by atoms with Crippen molar-refractivity contribution in [2.45, 2.75) is 24.8 Å². The molecule has 4 heteroatoms. The van der Waals surface area contributed by atoms with Crippen LogP contribution in [0.5, 0.6) is 11.5 Å². The molecular formula is C36H40N2O2. The zero-order valence-electron chi connectivity index (χ0n) is 23.7. The molecule has 40 heavy (non-hydrogen) atoms. The van der Waals surface area contributed by atoms with Gasteiger partial charge in [0.25, 0.3) is 0 Å². The molecule has 0 radical (unpaired) electrons. The van der Waals surface area contributed by atoms with Crippen molar-refractivity contribution >= 4 is 0 Å². The van der Waals surface area contributed by atoms with Crippen LogP contribution in [0.2, 0.25) is 0 Å². The molecule has 4 aromatic rings. The van der Waals surface area contributed by atoms with Gasteiger partial charge in [-0.3, -0.25) is 0 Å². The van der Waals surface area contributed by atoms with Crippen molar-refractivity contribution in [1.29, 1.82) is 0 Å². The molecule has 1 unspecified atom stereocenters. The van der Waals surface area contributed by atoms with Gasteiger partial charge in [0.15, 0.2) is 0 Å². The maximum Gasteiger partial charge on any atom is 0.119 e. The molecule has 1 atom stereocenters. The molecule has 4 aromatic carbocycles. The minimum Gasteiger partial charge on any atom is -0.497 e. The molecule has 1 saturated heterocycles. The van der Waals surface area contributed by atoms with Gasteiger partial charge in [0.05, 0.1) is 13.7 Å². The lowest BCUT2D eigenvalue weighted by molar-refractivity contribution is 0.0827. The number of likely N-dealkylation sites (N-methyl/N-ethyl adjacent to an activating group) is 1. The highest BCUT2D eigenvalue weighted by molar-refractivity contribution is 5.45. The second kappa shape index (κ2) is 12.3. The maximum atomic E-state index is 6.25. The molecule has 2 heterocycles. The van der Waals surface area contributed by atoms with Crippen molar-refractivity contribution in [3.63, 3.8) is 0 Å². The van der Waals surface area contributed by atoms with Crippen LogP contribution in [0.4, 0.5) is 0 Å². The summed E-state index contributed by atoms with van der Waals surface area (Å²) in [6.45, 7) is 6.10. The molecule has 2 aliphatic rings. The van der Waals surface area contributed by atoms with E-state index < -0.39 is 0 Å². The average Bonchev–Trinajstić information content (AvgIpc) is 2.98. The van der Waals surface area contributed by atoms with E-state index in [9.17, 15) is 0 Å². The highest BCUT2D eigenvalue weighted by Crippen LogP contribution is 2.38. The highest BCUT2D eigenvalue weighted by Gasteiger charge is 2.34. The van der Waals surface area contributed by atoms with E-state index in [1.165, 1.54) is 27.8 Å². The standard InChI is InChI=1S/C36H40N2O2/c1-37-23-30-22-33(18-19-34(30)35(26-37)27-14-16-32(39-2)17-15-27)40-21-9-20-38-24-31(25-38)36(28-10-5-3-6-11-28)29-12-7-4-8-13-29/h3-8,10-19,22,31,35-36H,9,20-21,23-26H2,1-2H3. The van der Waals surface area contributed by atoms with Crippen LogP contribution in [-0.4, -0.2) is 56.7 Å². The lowest BCUT2D eigenvalue weighted by atomic mass is 9.77. The van der Waals surface area contributed by atoms with Crippen molar-refractivity contribution in [1.82, 2.24) is 9.80 Å². The zero-order valence-corrected chi connectivity index (χ0v) is 23.7. The Labute approximate surface area is 239 Å². The first-order valence-corrected chi connectivity index (χ1v) is 14.6. The molecule has 0 aromatic heterocycles. The summed E-state index contributed by atoms with van der Waals surface area (Å²) in [6.07, 6.45) is 1.04. The van der Waals surface area contributed by atoms with Gasteiger partial charge in [-0.25, -0.2) is 0 Å². The first-order chi connectivity index (χ1) is 19.7. The number of nitrogens with zero attached hydrogens (tertiary/aromatic N) is 2. The lowest BCUT2D eigenvalue weighted by Crippen LogP contribution is -2.49. The smallest absolute Gasteiger partial charge is 0.119 e. The van der Waals surface area contributed by atoms with Gasteiger partial charge < -0.3 is 19.3 Å². The zero-order chi connectivity index (χ0) is 27.3. The van der Waals surface area contributed by atoms with Crippen LogP contribution < -0.4 is 9.47 Å². The quantitative estimate of drug-likeness (QED) is 0.210. The Morgan fingerprint density at radius 2 is 1.43 bits per heavy atom. The topological polar surface area (TPSA) is 24.9 Å². The predicted octanol–water partition coefficient (Wildman–Crippen LogP) is 6.81. The molecular weight excluding hydrogens is 492 g/mol. The summed E-state index contributed by atoms with van der Waals surface area (Å²) < 4.78 is 11.6. The number of rotatable bonds is 10. The summed E-state index contributed by atoms with van der Waals surface area (Å²) in [5.41, 5.74) is 6.96. The second-order valence-electron chi connectivity index (χ2n) is 11.4. The van der Waals surface area contributed by atoms with Gasteiger partial charge in [-0.15, -0.1) is 0 Å². The molecule has 0 spiro atoms. The van der Waals surface area contributed by atoms with E-state index >= 15 is 0 Å². The van der Waals surface area contributed by atoms with Crippen LogP contribution >= 0.6 is 0 Å². The maximum absolute atomic E-state index is 6.25. The minimum absolute atomic E-state index is 0.365. The Bertz CT molecular complexity index is 1330. The summed E-state index contributed by atoms with van der Waals surface area (Å²) in [5.74, 6) is 3.37. The highest BCUT2D eigenvalue weighted by atomic mass is 16.5. The van der Waals surface area contributed by atoms with E-state index in [0.717, 1.165) is 57.3 Å². The van der Waals surface area contributed by atoms with Crippen LogP contribution in [0.15, 0.2) is 103 Å². The van der Waals surface area contributed by atoms with E-state index in [2.05, 4.69) is 120 Å². The average molecular weight is 533 g/mol. The van der Waals surface area contributed by atoms with Crippen LogP contribution in [0.1, 0.15) is 46.1 Å². The van der Waals surface area contributed by atoms with Crippen molar-refractivity contribution in [3.8, 4) is 11.5 Å². The fraction of sp³-hybridized carbons (Fsp3) is 0.333. The van der Waals surface area contributed by atoms with E-state index in [1.807, 2.05) is 0 Å². The number of hydrogen-bond donors (Lipinski definition) is 0. The summed E-state index contributed by atoms with van der Waals surface area (Å²) >= 11 is 0. The molecule has 0 saturated carbocycles. The van der Waals surface area contributed by atoms with E-state index in [1.54, 1.807) is 7.11 Å². The number of likely N-dealkylation sites (tertiary alicyclic amines) is 1. The largest absolute Gasteiger partial charge is 0.497 e. The Hall–Kier alpha value is -3.60. The third kappa shape index (κ3) is 5.94. The molecule has 2 aliphatic heterocycles. The van der Waals surface area contributed by atoms with E-state index in [4.69, 9.17) is 9.47 Å². The van der Waals surface area contributed by atoms with Crippen LogP contribution in [0.25, 0.3) is 0 Å². The van der Waals surface area contributed by atoms with Gasteiger partial charge in [-0.1, -0.05) is 78.9 Å². The predicted molar refractivity (Wildman–Crippen MR) is 162 cm³/mol. The third-order valence-electron chi connectivity index (χ3n) is 8.60. The molecule has 1 fully saturated rings. The lowest BCUT2D eigenvalue weighted by Gasteiger charge is -2.44. The molecule has 6 rings (SSSR count). The summed E-state index contributed by atoms with van der Waals surface area (Å²) in [7, 11) is 3.92. The van der Waals surface area contributed by atoms with Crippen molar-refractivity contribution in [2.24, 2.45) is 5.92 Å². The Kier molecular flexibility index (Phi) is 8.17. The molecule has 0 amide bonds. The van der Waals surface area contributed by atoms with E-state index in [0.29, 0.717) is 17.8 Å². The van der Waals surface area contributed by atoms with Gasteiger partial charge in [-0.05, 0) is 71.5 Å². The van der Waals surface area contributed by atoms with Gasteiger partial charge in [0, 0.05) is 44.6 Å². The van der Waals surface area contributed by atoms with Crippen LogP contribution in [0.3, 0.4) is 0 Å². The van der Waals surface area contributed by atoms with Crippen molar-refractivity contribution in [3.05, 3.63) is 131 Å². The normalized spacial score (nSPS) is 17.8. The fourth-order valence-corrected chi connectivity index (χ4v) is 6.57. The minimum atomic E-state index is 0.365. The molecule has 0 N–H and O–H groups in total. The fourth-order valence-electron chi connectivity index (χ4n) is 6.57. The summed E-state index contributed by atoms with van der Waals surface area (Å²) in [5, 5.41) is 0. The third-order valence-corrected chi connectivity index (χ3v) is 8.60. The second-order valence-corrected chi connectivity index (χ2v) is 11.4. The number of methoxy groups -OCH3 is 1. The van der Waals surface area contributed by atoms with Gasteiger partial charge in [0.2, 0.25) is 0 Å².